The third-order valence-corrected chi connectivity index (χ3v) is 2.87. The van der Waals surface area contributed by atoms with Crippen LogP contribution in [0.2, 0.25) is 0 Å². The number of alkyl halides is 2. The lowest BCUT2D eigenvalue weighted by molar-refractivity contribution is 0.141. The Bertz CT molecular complexity index is 537. The van der Waals surface area contributed by atoms with Crippen LogP contribution in [0.15, 0.2) is 30.7 Å². The molecule has 0 aliphatic rings. The van der Waals surface area contributed by atoms with Crippen LogP contribution >= 0.6 is 0 Å². The van der Waals surface area contributed by atoms with Gasteiger partial charge >= 0.3 is 0 Å². The van der Waals surface area contributed by atoms with Gasteiger partial charge in [0.25, 0.3) is 6.43 Å². The molecule has 0 saturated heterocycles. The van der Waals surface area contributed by atoms with E-state index in [0.717, 1.165) is 6.54 Å². The molecule has 0 atom stereocenters. The first kappa shape index (κ1) is 14.6. The van der Waals surface area contributed by atoms with Crippen LogP contribution in [-0.4, -0.2) is 21.3 Å². The molecule has 2 heterocycles. The van der Waals surface area contributed by atoms with E-state index in [0.29, 0.717) is 23.7 Å². The molecule has 0 amide bonds. The van der Waals surface area contributed by atoms with E-state index < -0.39 is 6.43 Å². The Hall–Kier alpha value is -1.82. The first-order chi connectivity index (χ1) is 9.59. The molecule has 0 radical (unpaired) electrons. The molecule has 0 aliphatic heterocycles. The summed E-state index contributed by atoms with van der Waals surface area (Å²) < 4.78 is 27.9. The topological polar surface area (TPSA) is 42.7 Å². The summed E-state index contributed by atoms with van der Waals surface area (Å²) >= 11 is 0. The lowest BCUT2D eigenvalue weighted by Gasteiger charge is -2.10. The molecule has 0 unspecified atom stereocenters. The summed E-state index contributed by atoms with van der Waals surface area (Å²) in [5, 5.41) is 7.24. The van der Waals surface area contributed by atoms with E-state index in [1.54, 1.807) is 24.5 Å². The second kappa shape index (κ2) is 6.56. The van der Waals surface area contributed by atoms with Crippen molar-refractivity contribution in [1.82, 2.24) is 20.1 Å². The van der Waals surface area contributed by atoms with Crippen molar-refractivity contribution in [1.29, 1.82) is 0 Å². The van der Waals surface area contributed by atoms with Crippen LogP contribution < -0.4 is 5.32 Å². The number of halogens is 2. The van der Waals surface area contributed by atoms with E-state index in [2.05, 4.69) is 29.2 Å². The van der Waals surface area contributed by atoms with Gasteiger partial charge in [-0.15, -0.1) is 0 Å². The minimum atomic E-state index is -2.57. The van der Waals surface area contributed by atoms with Crippen LogP contribution in [0.4, 0.5) is 8.78 Å². The van der Waals surface area contributed by atoms with Crippen LogP contribution in [-0.2, 0) is 6.54 Å². The van der Waals surface area contributed by atoms with Gasteiger partial charge in [0.05, 0.1) is 11.9 Å². The van der Waals surface area contributed by atoms with E-state index in [1.165, 1.54) is 10.9 Å². The molecule has 6 heteroatoms. The largest absolute Gasteiger partial charge is 0.312 e. The van der Waals surface area contributed by atoms with Crippen molar-refractivity contribution in [3.8, 4) is 5.69 Å². The van der Waals surface area contributed by atoms with E-state index in [1.807, 2.05) is 0 Å². The van der Waals surface area contributed by atoms with Crippen LogP contribution in [0.25, 0.3) is 5.69 Å². The van der Waals surface area contributed by atoms with Gasteiger partial charge in [-0.05, 0) is 24.6 Å². The molecule has 2 rings (SSSR count). The SMILES string of the molecule is CC(C)CNCc1cnn(-c2ccncc2)c1C(F)F. The van der Waals surface area contributed by atoms with Crippen molar-refractivity contribution in [2.45, 2.75) is 26.8 Å². The predicted octanol–water partition coefficient (Wildman–Crippen LogP) is 2.95. The zero-order valence-electron chi connectivity index (χ0n) is 11.6. The number of hydrogen-bond donors (Lipinski definition) is 1. The van der Waals surface area contributed by atoms with Gasteiger partial charge in [0.15, 0.2) is 0 Å². The van der Waals surface area contributed by atoms with Gasteiger partial charge in [-0.2, -0.15) is 5.10 Å². The van der Waals surface area contributed by atoms with Crippen LogP contribution in [0.1, 0.15) is 31.5 Å². The average Bonchev–Trinajstić information content (AvgIpc) is 2.83. The summed E-state index contributed by atoms with van der Waals surface area (Å²) in [7, 11) is 0. The first-order valence-electron chi connectivity index (χ1n) is 6.55. The van der Waals surface area contributed by atoms with Crippen LogP contribution in [0, 0.1) is 5.92 Å². The lowest BCUT2D eigenvalue weighted by atomic mass is 10.2. The molecule has 1 N–H and O–H groups in total. The summed E-state index contributed by atoms with van der Waals surface area (Å²) in [6.45, 7) is 5.31. The average molecular weight is 280 g/mol. The molecule has 2 aromatic rings. The van der Waals surface area contributed by atoms with Gasteiger partial charge in [0.1, 0.15) is 5.69 Å². The standard InChI is InChI=1S/C14H18F2N4/c1-10(2)7-18-8-11-9-19-20(13(11)14(15)16)12-3-5-17-6-4-12/h3-6,9-10,14,18H,7-8H2,1-2H3. The summed E-state index contributed by atoms with van der Waals surface area (Å²) in [6.07, 6.45) is 2.04. The minimum absolute atomic E-state index is 0.0625. The molecule has 108 valence electrons. The van der Waals surface area contributed by atoms with Crippen molar-refractivity contribution in [2.24, 2.45) is 5.92 Å². The molecule has 0 saturated carbocycles. The summed E-state index contributed by atoms with van der Waals surface area (Å²) in [6, 6.07) is 3.31. The Morgan fingerprint density at radius 1 is 1.25 bits per heavy atom. The van der Waals surface area contributed by atoms with E-state index in [9.17, 15) is 8.78 Å². The molecule has 2 aromatic heterocycles. The Balaban J connectivity index is 2.24. The summed E-state index contributed by atoms with van der Waals surface area (Å²) in [5.74, 6) is 0.472. The normalized spacial score (nSPS) is 11.5. The van der Waals surface area contributed by atoms with Crippen molar-refractivity contribution < 1.29 is 8.78 Å². The highest BCUT2D eigenvalue weighted by Gasteiger charge is 2.20. The third kappa shape index (κ3) is 3.39. The molecular formula is C14H18F2N4. The monoisotopic (exact) mass is 280 g/mol. The molecule has 0 spiro atoms. The van der Waals surface area contributed by atoms with E-state index in [-0.39, 0.29) is 5.69 Å². The molecule has 0 fully saturated rings. The number of aromatic nitrogens is 3. The van der Waals surface area contributed by atoms with Gasteiger partial charge in [-0.25, -0.2) is 13.5 Å². The quantitative estimate of drug-likeness (QED) is 0.884. The highest BCUT2D eigenvalue weighted by molar-refractivity contribution is 5.33. The zero-order chi connectivity index (χ0) is 14.5. The van der Waals surface area contributed by atoms with Crippen molar-refractivity contribution >= 4 is 0 Å². The van der Waals surface area contributed by atoms with Crippen LogP contribution in [0.5, 0.6) is 0 Å². The number of pyridine rings is 1. The lowest BCUT2D eigenvalue weighted by Crippen LogP contribution is -2.19. The van der Waals surface area contributed by atoms with Crippen LogP contribution in [0.3, 0.4) is 0 Å². The van der Waals surface area contributed by atoms with Crippen molar-refractivity contribution in [3.05, 3.63) is 42.0 Å². The van der Waals surface area contributed by atoms with Crippen molar-refractivity contribution in [3.63, 3.8) is 0 Å². The third-order valence-electron chi connectivity index (χ3n) is 2.87. The van der Waals surface area contributed by atoms with Crippen molar-refractivity contribution in [2.75, 3.05) is 6.54 Å². The fraction of sp³-hybridized carbons (Fsp3) is 0.429. The summed E-state index contributed by atoms with van der Waals surface area (Å²) in [4.78, 5) is 3.88. The molecule has 0 bridgehead atoms. The number of hydrogen-bond acceptors (Lipinski definition) is 3. The molecule has 0 aliphatic carbocycles. The van der Waals surface area contributed by atoms with E-state index in [4.69, 9.17) is 0 Å². The maximum atomic E-state index is 13.3. The second-order valence-electron chi connectivity index (χ2n) is 5.00. The molecule has 0 aromatic carbocycles. The first-order valence-corrected chi connectivity index (χ1v) is 6.55. The number of nitrogens with one attached hydrogen (secondary N) is 1. The maximum Gasteiger partial charge on any atom is 0.280 e. The Kier molecular flexibility index (Phi) is 4.79. The van der Waals surface area contributed by atoms with E-state index >= 15 is 0 Å². The highest BCUT2D eigenvalue weighted by Crippen LogP contribution is 2.25. The fourth-order valence-electron chi connectivity index (χ4n) is 1.95. The van der Waals surface area contributed by atoms with Gasteiger partial charge < -0.3 is 5.32 Å². The highest BCUT2D eigenvalue weighted by atomic mass is 19.3. The Labute approximate surface area is 116 Å². The zero-order valence-corrected chi connectivity index (χ0v) is 11.6. The second-order valence-corrected chi connectivity index (χ2v) is 5.00. The smallest absolute Gasteiger partial charge is 0.280 e. The van der Waals surface area contributed by atoms with Gasteiger partial charge in [-0.1, -0.05) is 13.8 Å². The Morgan fingerprint density at radius 2 is 1.95 bits per heavy atom. The summed E-state index contributed by atoms with van der Waals surface area (Å²) in [5.41, 5.74) is 1.05. The maximum absolute atomic E-state index is 13.3. The molecule has 20 heavy (non-hydrogen) atoms. The number of nitrogens with zero attached hydrogens (tertiary/aromatic N) is 3. The fourth-order valence-corrected chi connectivity index (χ4v) is 1.95. The number of rotatable bonds is 6. The molecule has 4 nitrogen and oxygen atoms in total. The molecular weight excluding hydrogens is 262 g/mol. The van der Waals surface area contributed by atoms with Gasteiger partial charge in [0, 0.05) is 24.5 Å². The Morgan fingerprint density at radius 3 is 2.55 bits per heavy atom. The van der Waals surface area contributed by atoms with Gasteiger partial charge in [-0.3, -0.25) is 4.98 Å². The predicted molar refractivity (Wildman–Crippen MR) is 72.9 cm³/mol. The van der Waals surface area contributed by atoms with Gasteiger partial charge in [0.2, 0.25) is 0 Å². The minimum Gasteiger partial charge on any atom is -0.312 e.